The molecule has 0 spiro atoms. The van der Waals surface area contributed by atoms with Gasteiger partial charge in [-0.25, -0.2) is 0 Å². The van der Waals surface area contributed by atoms with Gasteiger partial charge in [0.05, 0.1) is 0 Å². The monoisotopic (exact) mass is 468 g/mol. The van der Waals surface area contributed by atoms with E-state index in [1.807, 2.05) is 0 Å². The molecule has 180 valence electrons. The molecule has 0 saturated heterocycles. The van der Waals surface area contributed by atoms with E-state index >= 15 is 0 Å². The molecule has 36 heavy (non-hydrogen) atoms. The molecule has 0 aliphatic heterocycles. The maximum atomic E-state index is 2.37. The van der Waals surface area contributed by atoms with Crippen molar-refractivity contribution < 1.29 is 0 Å². The number of rotatable bonds is 8. The molecule has 0 radical (unpaired) electrons. The second kappa shape index (κ2) is 11.4. The maximum Gasteiger partial charge on any atom is -0.00205 e. The molecule has 5 rings (SSSR count). The van der Waals surface area contributed by atoms with Crippen molar-refractivity contribution in [2.24, 2.45) is 0 Å². The third-order valence-electron chi connectivity index (χ3n) is 7.34. The van der Waals surface area contributed by atoms with Gasteiger partial charge < -0.3 is 0 Å². The van der Waals surface area contributed by atoms with Gasteiger partial charge in [0.25, 0.3) is 0 Å². The third-order valence-corrected chi connectivity index (χ3v) is 7.34. The van der Waals surface area contributed by atoms with Crippen LogP contribution >= 0.6 is 0 Å². The Morgan fingerprint density at radius 3 is 1.08 bits per heavy atom. The first-order chi connectivity index (χ1) is 17.8. The number of fused-ring (bicyclic) bond motifs is 2. The second-order valence-corrected chi connectivity index (χ2v) is 9.74. The Labute approximate surface area is 217 Å². The quantitative estimate of drug-likeness (QED) is 0.241. The summed E-state index contributed by atoms with van der Waals surface area (Å²) >= 11 is 0. The smallest absolute Gasteiger partial charge is 0.00205 e. The average molecular weight is 469 g/mol. The van der Waals surface area contributed by atoms with Crippen molar-refractivity contribution in [3.8, 4) is 0 Å². The predicted molar refractivity (Wildman–Crippen MR) is 157 cm³/mol. The summed E-state index contributed by atoms with van der Waals surface area (Å²) in [6.45, 7) is 4.61. The Morgan fingerprint density at radius 2 is 0.722 bits per heavy atom. The van der Waals surface area contributed by atoms with Crippen molar-refractivity contribution in [3.05, 3.63) is 143 Å². The summed E-state index contributed by atoms with van der Waals surface area (Å²) in [7, 11) is 0. The van der Waals surface area contributed by atoms with Gasteiger partial charge in [-0.05, 0) is 81.4 Å². The summed E-state index contributed by atoms with van der Waals surface area (Å²) in [6.07, 6.45) is 7.04. The molecule has 0 aromatic heterocycles. The van der Waals surface area contributed by atoms with Gasteiger partial charge in [0.1, 0.15) is 0 Å². The van der Waals surface area contributed by atoms with Gasteiger partial charge in [0.15, 0.2) is 0 Å². The summed E-state index contributed by atoms with van der Waals surface area (Å²) in [4.78, 5) is 0. The first kappa shape index (κ1) is 24.1. The molecule has 0 saturated carbocycles. The van der Waals surface area contributed by atoms with Crippen molar-refractivity contribution >= 4 is 22.3 Å². The molecule has 0 heteroatoms. The van der Waals surface area contributed by atoms with Crippen molar-refractivity contribution in [2.45, 2.75) is 52.4 Å². The molecule has 0 fully saturated rings. The van der Waals surface area contributed by atoms with Gasteiger partial charge in [0.2, 0.25) is 0 Å². The first-order valence-corrected chi connectivity index (χ1v) is 13.6. The highest BCUT2D eigenvalue weighted by molar-refractivity contribution is 6.11. The number of hydrogen-bond donors (Lipinski definition) is 0. The van der Waals surface area contributed by atoms with Crippen LogP contribution < -0.4 is 0 Å². The van der Waals surface area contributed by atoms with E-state index in [4.69, 9.17) is 0 Å². The van der Waals surface area contributed by atoms with E-state index in [0.717, 1.165) is 12.8 Å². The van der Waals surface area contributed by atoms with Gasteiger partial charge in [-0.15, -0.1) is 0 Å². The minimum atomic E-state index is 1.11. The molecule has 4 aromatic rings. The zero-order valence-corrected chi connectivity index (χ0v) is 21.6. The number of benzene rings is 4. The highest BCUT2D eigenvalue weighted by Gasteiger charge is 2.26. The lowest BCUT2D eigenvalue weighted by molar-refractivity contribution is 0.808. The summed E-state index contributed by atoms with van der Waals surface area (Å²) < 4.78 is 0. The van der Waals surface area contributed by atoms with Crippen molar-refractivity contribution in [3.63, 3.8) is 0 Å². The molecule has 0 atom stereocenters. The fourth-order valence-electron chi connectivity index (χ4n) is 5.61. The second-order valence-electron chi connectivity index (χ2n) is 9.74. The maximum absolute atomic E-state index is 2.37. The van der Waals surface area contributed by atoms with Gasteiger partial charge in [-0.3, -0.25) is 0 Å². The van der Waals surface area contributed by atoms with Crippen LogP contribution in [0.4, 0.5) is 0 Å². The van der Waals surface area contributed by atoms with Gasteiger partial charge in [-0.2, -0.15) is 0 Å². The SMILES string of the molecule is CCCC/C1=C(\CCCC)c2ccccc2/C(c2ccccc2)=C(/c2ccccc2)c2ccccc21. The Morgan fingerprint density at radius 1 is 0.389 bits per heavy atom. The highest BCUT2D eigenvalue weighted by Crippen LogP contribution is 2.47. The molecular formula is C36H36. The number of hydrogen-bond acceptors (Lipinski definition) is 0. The summed E-state index contributed by atoms with van der Waals surface area (Å²) in [5, 5.41) is 0. The topological polar surface area (TPSA) is 0 Å². The Bertz CT molecular complexity index is 1260. The third kappa shape index (κ3) is 4.73. The molecule has 0 bridgehead atoms. The lowest BCUT2D eigenvalue weighted by Gasteiger charge is -2.28. The van der Waals surface area contributed by atoms with Crippen molar-refractivity contribution in [1.29, 1.82) is 0 Å². The van der Waals surface area contributed by atoms with E-state index in [0.29, 0.717) is 0 Å². The summed E-state index contributed by atoms with van der Waals surface area (Å²) in [5.41, 5.74) is 13.8. The standard InChI is InChI=1S/C36H36/c1-3-5-21-29-30(22-6-4-2)32-24-14-16-26-34(32)36(28-19-11-8-12-20-28)35(27-17-9-7-10-18-27)33-25-15-13-23-31(29)33/h7-20,23-26H,3-6,21-22H2,1-2H3/b30-29-,31-29?,32-30?,35-33?,36-34?,36-35-. The van der Waals surface area contributed by atoms with E-state index < -0.39 is 0 Å². The average Bonchev–Trinajstić information content (AvgIpc) is 2.94. The molecule has 1 aliphatic rings. The van der Waals surface area contributed by atoms with Crippen LogP contribution in [0.15, 0.2) is 109 Å². The van der Waals surface area contributed by atoms with Crippen molar-refractivity contribution in [1.82, 2.24) is 0 Å². The van der Waals surface area contributed by atoms with Gasteiger partial charge >= 0.3 is 0 Å². The van der Waals surface area contributed by atoms with Crippen LogP contribution in [0, 0.1) is 0 Å². The van der Waals surface area contributed by atoms with Crippen LogP contribution in [0.25, 0.3) is 22.3 Å². The lowest BCUT2D eigenvalue weighted by atomic mass is 9.75. The lowest BCUT2D eigenvalue weighted by Crippen LogP contribution is -2.07. The number of unbranched alkanes of at least 4 members (excludes halogenated alkanes) is 2. The van der Waals surface area contributed by atoms with E-state index in [1.54, 1.807) is 0 Å². The Balaban J connectivity index is 1.95. The Hall–Kier alpha value is -3.64. The summed E-state index contributed by atoms with van der Waals surface area (Å²) in [6, 6.07) is 40.3. The van der Waals surface area contributed by atoms with E-state index in [2.05, 4.69) is 123 Å². The molecule has 0 unspecified atom stereocenters. The molecule has 1 aliphatic carbocycles. The van der Waals surface area contributed by atoms with E-state index in [9.17, 15) is 0 Å². The zero-order chi connectivity index (χ0) is 24.7. The van der Waals surface area contributed by atoms with E-state index in [1.165, 1.54) is 81.4 Å². The largest absolute Gasteiger partial charge is 0.0654 e. The fourth-order valence-corrected chi connectivity index (χ4v) is 5.61. The van der Waals surface area contributed by atoms with Crippen LogP contribution in [-0.4, -0.2) is 0 Å². The highest BCUT2D eigenvalue weighted by atomic mass is 14.3. The van der Waals surface area contributed by atoms with Crippen LogP contribution in [0.5, 0.6) is 0 Å². The molecule has 0 heterocycles. The van der Waals surface area contributed by atoms with Gasteiger partial charge in [0, 0.05) is 0 Å². The zero-order valence-electron chi connectivity index (χ0n) is 21.6. The fraction of sp³-hybridized carbons (Fsp3) is 0.222. The molecule has 0 N–H and O–H groups in total. The molecule has 4 aromatic carbocycles. The van der Waals surface area contributed by atoms with E-state index in [-0.39, 0.29) is 0 Å². The van der Waals surface area contributed by atoms with Crippen LogP contribution in [0.1, 0.15) is 85.8 Å². The summed E-state index contributed by atoms with van der Waals surface area (Å²) in [5.74, 6) is 0. The van der Waals surface area contributed by atoms with Crippen LogP contribution in [-0.2, 0) is 0 Å². The minimum absolute atomic E-state index is 1.11. The molecular weight excluding hydrogens is 432 g/mol. The first-order valence-electron chi connectivity index (χ1n) is 13.6. The van der Waals surface area contributed by atoms with Gasteiger partial charge in [-0.1, -0.05) is 136 Å². The van der Waals surface area contributed by atoms with Crippen LogP contribution in [0.3, 0.4) is 0 Å². The minimum Gasteiger partial charge on any atom is -0.0654 e. The number of allylic oxidation sites excluding steroid dienone is 2. The predicted octanol–water partition coefficient (Wildman–Crippen LogP) is 10.3. The Kier molecular flexibility index (Phi) is 7.62. The molecule has 0 nitrogen and oxygen atoms in total. The normalized spacial score (nSPS) is 17.2. The van der Waals surface area contributed by atoms with Crippen LogP contribution in [0.2, 0.25) is 0 Å². The molecule has 0 amide bonds. The van der Waals surface area contributed by atoms with Crippen molar-refractivity contribution in [2.75, 3.05) is 0 Å².